The van der Waals surface area contributed by atoms with E-state index in [4.69, 9.17) is 9.47 Å². The van der Waals surface area contributed by atoms with Crippen molar-refractivity contribution in [1.82, 2.24) is 10.6 Å². The number of carbonyl (C=O) groups is 2. The lowest BCUT2D eigenvalue weighted by molar-refractivity contribution is -0.128. The maximum Gasteiger partial charge on any atom is 0.242 e. The van der Waals surface area contributed by atoms with Gasteiger partial charge in [-0.1, -0.05) is 15.9 Å². The van der Waals surface area contributed by atoms with E-state index in [9.17, 15) is 9.59 Å². The molecule has 1 aromatic carbocycles. The number of benzene rings is 1. The van der Waals surface area contributed by atoms with Crippen molar-refractivity contribution in [2.75, 3.05) is 20.8 Å². The number of ether oxygens (including phenoxy) is 2. The van der Waals surface area contributed by atoms with Crippen molar-refractivity contribution in [3.05, 3.63) is 22.2 Å². The molecule has 122 valence electrons. The van der Waals surface area contributed by atoms with Crippen LogP contribution < -0.4 is 20.1 Å². The Morgan fingerprint density at radius 1 is 1.23 bits per heavy atom. The summed E-state index contributed by atoms with van der Waals surface area (Å²) in [6, 6.07) is 2.90. The Labute approximate surface area is 138 Å². The first-order valence-electron chi connectivity index (χ1n) is 6.90. The Morgan fingerprint density at radius 2 is 1.82 bits per heavy atom. The summed E-state index contributed by atoms with van der Waals surface area (Å²) in [6.07, 6.45) is 0.130. The number of halogens is 1. The van der Waals surface area contributed by atoms with E-state index >= 15 is 0 Å². The van der Waals surface area contributed by atoms with Crippen LogP contribution in [0.5, 0.6) is 11.5 Å². The van der Waals surface area contributed by atoms with Crippen molar-refractivity contribution in [3.8, 4) is 11.5 Å². The van der Waals surface area contributed by atoms with Gasteiger partial charge in [0, 0.05) is 11.0 Å². The normalized spacial score (nSPS) is 11.5. The lowest BCUT2D eigenvalue weighted by atomic mass is 10.1. The minimum atomic E-state index is -0.577. The molecule has 6 nitrogen and oxygen atoms in total. The summed E-state index contributed by atoms with van der Waals surface area (Å²) in [4.78, 5) is 23.7. The molecule has 0 aliphatic rings. The third-order valence-corrected chi connectivity index (χ3v) is 3.76. The molecule has 1 rings (SSSR count). The molecule has 1 aromatic rings. The predicted octanol–water partition coefficient (Wildman–Crippen LogP) is 1.65. The van der Waals surface area contributed by atoms with Gasteiger partial charge in [0.15, 0.2) is 11.5 Å². The van der Waals surface area contributed by atoms with Gasteiger partial charge in [-0.2, -0.15) is 0 Å². The number of rotatable bonds is 7. The van der Waals surface area contributed by atoms with Gasteiger partial charge < -0.3 is 20.1 Å². The maximum absolute atomic E-state index is 12.1. The number of methoxy groups -OCH3 is 2. The van der Waals surface area contributed by atoms with E-state index in [-0.39, 0.29) is 18.2 Å². The van der Waals surface area contributed by atoms with Crippen LogP contribution in [0.2, 0.25) is 0 Å². The van der Waals surface area contributed by atoms with Crippen LogP contribution in [-0.4, -0.2) is 38.6 Å². The second-order valence-electron chi connectivity index (χ2n) is 4.66. The highest BCUT2D eigenvalue weighted by Gasteiger charge is 2.17. The molecule has 7 heteroatoms. The Morgan fingerprint density at radius 3 is 2.36 bits per heavy atom. The van der Waals surface area contributed by atoms with Gasteiger partial charge in [0.1, 0.15) is 6.04 Å². The lowest BCUT2D eigenvalue weighted by Crippen LogP contribution is -2.45. The quantitative estimate of drug-likeness (QED) is 0.762. The van der Waals surface area contributed by atoms with Gasteiger partial charge in [0.25, 0.3) is 0 Å². The van der Waals surface area contributed by atoms with Crippen LogP contribution in [0.1, 0.15) is 19.4 Å². The molecule has 1 atom stereocenters. The van der Waals surface area contributed by atoms with E-state index in [1.54, 1.807) is 26.2 Å². The zero-order valence-electron chi connectivity index (χ0n) is 13.2. The van der Waals surface area contributed by atoms with Crippen molar-refractivity contribution in [2.24, 2.45) is 0 Å². The third-order valence-electron chi connectivity index (χ3n) is 3.03. The number of carbonyl (C=O) groups excluding carboxylic acids is 2. The highest BCUT2D eigenvalue weighted by atomic mass is 79.9. The van der Waals surface area contributed by atoms with Gasteiger partial charge in [-0.15, -0.1) is 0 Å². The molecule has 0 saturated carbocycles. The zero-order valence-corrected chi connectivity index (χ0v) is 14.7. The Kier molecular flexibility index (Phi) is 7.17. The molecule has 0 fully saturated rings. The van der Waals surface area contributed by atoms with E-state index in [1.807, 2.05) is 6.92 Å². The Bertz CT molecular complexity index is 549. The number of hydrogen-bond donors (Lipinski definition) is 2. The smallest absolute Gasteiger partial charge is 0.242 e. The van der Waals surface area contributed by atoms with Gasteiger partial charge in [-0.3, -0.25) is 9.59 Å². The molecule has 2 amide bonds. The van der Waals surface area contributed by atoms with Crippen LogP contribution in [0.15, 0.2) is 16.6 Å². The van der Waals surface area contributed by atoms with E-state index in [2.05, 4.69) is 26.6 Å². The van der Waals surface area contributed by atoms with Gasteiger partial charge in [0.05, 0.1) is 20.6 Å². The topological polar surface area (TPSA) is 76.7 Å². The molecular formula is C15H21BrN2O4. The SMILES string of the molecule is CCNC(=O)[C@@H](C)NC(=O)Cc1cc(OC)c(OC)cc1Br. The first-order valence-corrected chi connectivity index (χ1v) is 7.69. The van der Waals surface area contributed by atoms with Crippen molar-refractivity contribution in [3.63, 3.8) is 0 Å². The standard InChI is InChI=1S/C15H21BrN2O4/c1-5-17-15(20)9(2)18-14(19)7-10-6-12(21-3)13(22-4)8-11(10)16/h6,8-9H,5,7H2,1-4H3,(H,17,20)(H,18,19)/t9-/m1/s1. The molecule has 0 aliphatic heterocycles. The third kappa shape index (κ3) is 4.91. The monoisotopic (exact) mass is 372 g/mol. The van der Waals surface area contributed by atoms with E-state index in [1.165, 1.54) is 7.11 Å². The molecule has 0 heterocycles. The molecule has 0 unspecified atom stereocenters. The molecule has 0 aromatic heterocycles. The average molecular weight is 373 g/mol. The summed E-state index contributed by atoms with van der Waals surface area (Å²) >= 11 is 3.40. The average Bonchev–Trinajstić information content (AvgIpc) is 2.48. The summed E-state index contributed by atoms with van der Waals surface area (Å²) in [5, 5.41) is 5.32. The second kappa shape index (κ2) is 8.63. The molecular weight excluding hydrogens is 352 g/mol. The van der Waals surface area contributed by atoms with Crippen molar-refractivity contribution in [2.45, 2.75) is 26.3 Å². The summed E-state index contributed by atoms with van der Waals surface area (Å²) in [5.41, 5.74) is 0.748. The number of amides is 2. The van der Waals surface area contributed by atoms with Crippen molar-refractivity contribution < 1.29 is 19.1 Å². The molecule has 0 saturated heterocycles. The zero-order chi connectivity index (χ0) is 16.7. The van der Waals surface area contributed by atoms with Gasteiger partial charge in [-0.05, 0) is 31.5 Å². The predicted molar refractivity (Wildman–Crippen MR) is 87.2 cm³/mol. The molecule has 0 radical (unpaired) electrons. The molecule has 22 heavy (non-hydrogen) atoms. The van der Waals surface area contributed by atoms with Gasteiger partial charge >= 0.3 is 0 Å². The van der Waals surface area contributed by atoms with Crippen LogP contribution in [0.25, 0.3) is 0 Å². The fraction of sp³-hybridized carbons (Fsp3) is 0.467. The lowest BCUT2D eigenvalue weighted by Gasteiger charge is -2.15. The minimum Gasteiger partial charge on any atom is -0.493 e. The fourth-order valence-corrected chi connectivity index (χ4v) is 2.35. The molecule has 2 N–H and O–H groups in total. The number of nitrogens with one attached hydrogen (secondary N) is 2. The maximum atomic E-state index is 12.1. The van der Waals surface area contributed by atoms with Crippen LogP contribution >= 0.6 is 15.9 Å². The highest BCUT2D eigenvalue weighted by molar-refractivity contribution is 9.10. The minimum absolute atomic E-state index is 0.130. The van der Waals surface area contributed by atoms with Gasteiger partial charge in [0.2, 0.25) is 11.8 Å². The largest absolute Gasteiger partial charge is 0.493 e. The van der Waals surface area contributed by atoms with Gasteiger partial charge in [-0.25, -0.2) is 0 Å². The molecule has 0 aliphatic carbocycles. The molecule has 0 bridgehead atoms. The summed E-state index contributed by atoms with van der Waals surface area (Å²) in [5.74, 6) is 0.674. The Balaban J connectivity index is 2.78. The summed E-state index contributed by atoms with van der Waals surface area (Å²) < 4.78 is 11.2. The Hall–Kier alpha value is -1.76. The van der Waals surface area contributed by atoms with Crippen LogP contribution in [-0.2, 0) is 16.0 Å². The fourth-order valence-electron chi connectivity index (χ4n) is 1.89. The first-order chi connectivity index (χ1) is 10.4. The van der Waals surface area contributed by atoms with Crippen molar-refractivity contribution in [1.29, 1.82) is 0 Å². The van der Waals surface area contributed by atoms with Crippen LogP contribution in [0.4, 0.5) is 0 Å². The van der Waals surface area contributed by atoms with Crippen LogP contribution in [0.3, 0.4) is 0 Å². The summed E-state index contributed by atoms with van der Waals surface area (Å²) in [7, 11) is 3.08. The van der Waals surface area contributed by atoms with E-state index < -0.39 is 6.04 Å². The van der Waals surface area contributed by atoms with Crippen LogP contribution in [0, 0.1) is 0 Å². The van der Waals surface area contributed by atoms with Crippen molar-refractivity contribution >= 4 is 27.7 Å². The van der Waals surface area contributed by atoms with E-state index in [0.717, 1.165) is 10.0 Å². The second-order valence-corrected chi connectivity index (χ2v) is 5.51. The first kappa shape index (κ1) is 18.3. The van der Waals surface area contributed by atoms with E-state index in [0.29, 0.717) is 18.0 Å². The number of likely N-dealkylation sites (N-methyl/N-ethyl adjacent to an activating group) is 1. The highest BCUT2D eigenvalue weighted by Crippen LogP contribution is 2.33. The molecule has 0 spiro atoms. The number of hydrogen-bond acceptors (Lipinski definition) is 4. The summed E-state index contributed by atoms with van der Waals surface area (Å²) in [6.45, 7) is 4.00.